The van der Waals surface area contributed by atoms with Gasteiger partial charge in [0, 0.05) is 18.4 Å². The van der Waals surface area contributed by atoms with Gasteiger partial charge in [-0.25, -0.2) is 0 Å². The van der Waals surface area contributed by atoms with Gasteiger partial charge in [0.2, 0.25) is 0 Å². The number of quaternary nitrogens is 1. The molecular formula is C13H20NO2+. The van der Waals surface area contributed by atoms with Crippen molar-refractivity contribution in [3.05, 3.63) is 23.3 Å². The Morgan fingerprint density at radius 1 is 1.50 bits per heavy atom. The topological polar surface area (TPSA) is 33.9 Å². The molecule has 0 amide bonds. The summed E-state index contributed by atoms with van der Waals surface area (Å²) < 4.78 is 5.15. The number of methoxy groups -OCH3 is 1. The SMILES string of the molecule is CC[C@H]1c2cc(O)c(OC)cc2CC[NH+]1C. The maximum Gasteiger partial charge on any atom is 0.160 e. The van der Waals surface area contributed by atoms with E-state index in [2.05, 4.69) is 14.0 Å². The van der Waals surface area contributed by atoms with Crippen LogP contribution in [0.1, 0.15) is 30.5 Å². The van der Waals surface area contributed by atoms with E-state index >= 15 is 0 Å². The van der Waals surface area contributed by atoms with E-state index in [4.69, 9.17) is 4.74 Å². The van der Waals surface area contributed by atoms with Crippen molar-refractivity contribution in [2.45, 2.75) is 25.8 Å². The summed E-state index contributed by atoms with van der Waals surface area (Å²) in [6, 6.07) is 4.37. The third-order valence-corrected chi connectivity index (χ3v) is 3.61. The zero-order valence-corrected chi connectivity index (χ0v) is 10.2. The first-order valence-corrected chi connectivity index (χ1v) is 5.89. The number of ether oxygens (including phenoxy) is 1. The predicted molar refractivity (Wildman–Crippen MR) is 63.1 cm³/mol. The fourth-order valence-electron chi connectivity index (χ4n) is 2.67. The third kappa shape index (κ3) is 1.76. The molecule has 16 heavy (non-hydrogen) atoms. The van der Waals surface area contributed by atoms with E-state index in [0.717, 1.165) is 19.4 Å². The van der Waals surface area contributed by atoms with E-state index in [1.54, 1.807) is 7.11 Å². The van der Waals surface area contributed by atoms with Gasteiger partial charge < -0.3 is 14.7 Å². The summed E-state index contributed by atoms with van der Waals surface area (Å²) >= 11 is 0. The molecule has 2 N–H and O–H groups in total. The van der Waals surface area contributed by atoms with Gasteiger partial charge in [-0.05, 0) is 17.7 Å². The fourth-order valence-corrected chi connectivity index (χ4v) is 2.67. The van der Waals surface area contributed by atoms with E-state index in [1.165, 1.54) is 16.0 Å². The zero-order chi connectivity index (χ0) is 11.7. The monoisotopic (exact) mass is 222 g/mol. The first kappa shape index (κ1) is 11.3. The summed E-state index contributed by atoms with van der Waals surface area (Å²) in [7, 11) is 3.82. The zero-order valence-electron chi connectivity index (χ0n) is 10.2. The van der Waals surface area contributed by atoms with E-state index in [0.29, 0.717) is 11.8 Å². The van der Waals surface area contributed by atoms with Gasteiger partial charge in [-0.2, -0.15) is 0 Å². The summed E-state index contributed by atoms with van der Waals surface area (Å²) in [6.45, 7) is 3.35. The molecule has 0 aliphatic carbocycles. The first-order chi connectivity index (χ1) is 7.67. The highest BCUT2D eigenvalue weighted by Gasteiger charge is 2.28. The Labute approximate surface area is 96.6 Å². The lowest BCUT2D eigenvalue weighted by molar-refractivity contribution is -0.914. The lowest BCUT2D eigenvalue weighted by Gasteiger charge is -2.31. The Balaban J connectivity index is 2.46. The van der Waals surface area contributed by atoms with Crippen molar-refractivity contribution >= 4 is 0 Å². The normalized spacial score (nSPS) is 23.9. The van der Waals surface area contributed by atoms with Crippen LogP contribution < -0.4 is 9.64 Å². The van der Waals surface area contributed by atoms with Crippen LogP contribution in [-0.4, -0.2) is 25.8 Å². The van der Waals surface area contributed by atoms with Gasteiger partial charge in [-0.1, -0.05) is 6.92 Å². The molecule has 1 unspecified atom stereocenters. The minimum atomic E-state index is 0.259. The van der Waals surface area contributed by atoms with Crippen LogP contribution in [0.4, 0.5) is 0 Å². The molecule has 0 spiro atoms. The predicted octanol–water partition coefficient (Wildman–Crippen LogP) is 0.923. The lowest BCUT2D eigenvalue weighted by atomic mass is 9.91. The number of phenolic OH excluding ortho intramolecular Hbond substituents is 1. The summed E-state index contributed by atoms with van der Waals surface area (Å²) in [5, 5.41) is 9.83. The van der Waals surface area contributed by atoms with Gasteiger partial charge >= 0.3 is 0 Å². The van der Waals surface area contributed by atoms with E-state index < -0.39 is 0 Å². The van der Waals surface area contributed by atoms with Gasteiger partial charge in [-0.15, -0.1) is 0 Å². The van der Waals surface area contributed by atoms with Crippen LogP contribution in [0.15, 0.2) is 12.1 Å². The molecule has 3 nitrogen and oxygen atoms in total. The smallest absolute Gasteiger partial charge is 0.160 e. The molecule has 2 atom stereocenters. The Morgan fingerprint density at radius 2 is 2.25 bits per heavy atom. The van der Waals surface area contributed by atoms with Gasteiger partial charge in [-0.3, -0.25) is 0 Å². The van der Waals surface area contributed by atoms with Crippen LogP contribution in [0.5, 0.6) is 11.5 Å². The number of hydrogen-bond donors (Lipinski definition) is 2. The average Bonchev–Trinajstić information content (AvgIpc) is 2.28. The van der Waals surface area contributed by atoms with Gasteiger partial charge in [0.15, 0.2) is 11.5 Å². The summed E-state index contributed by atoms with van der Waals surface area (Å²) in [4.78, 5) is 1.53. The maximum atomic E-state index is 9.83. The molecule has 0 saturated carbocycles. The van der Waals surface area contributed by atoms with Crippen LogP contribution in [0, 0.1) is 0 Å². The number of hydrogen-bond acceptors (Lipinski definition) is 2. The molecule has 1 aliphatic rings. The summed E-state index contributed by atoms with van der Waals surface area (Å²) in [5.74, 6) is 0.850. The molecule has 0 aromatic heterocycles. The van der Waals surface area contributed by atoms with Gasteiger partial charge in [0.1, 0.15) is 6.04 Å². The highest BCUT2D eigenvalue weighted by Crippen LogP contribution is 2.33. The quantitative estimate of drug-likeness (QED) is 0.780. The van der Waals surface area contributed by atoms with Crippen LogP contribution in [0.25, 0.3) is 0 Å². The molecule has 0 fully saturated rings. The van der Waals surface area contributed by atoms with E-state index in [1.807, 2.05) is 12.1 Å². The summed E-state index contributed by atoms with van der Waals surface area (Å²) in [5.41, 5.74) is 2.61. The minimum Gasteiger partial charge on any atom is -0.504 e. The average molecular weight is 222 g/mol. The number of fused-ring (bicyclic) bond motifs is 1. The Morgan fingerprint density at radius 3 is 2.88 bits per heavy atom. The second kappa shape index (κ2) is 4.34. The highest BCUT2D eigenvalue weighted by atomic mass is 16.5. The number of phenols is 1. The molecule has 0 radical (unpaired) electrons. The van der Waals surface area contributed by atoms with Crippen molar-refractivity contribution in [1.82, 2.24) is 0 Å². The molecule has 2 rings (SSSR count). The number of benzene rings is 1. The van der Waals surface area contributed by atoms with Crippen molar-refractivity contribution in [2.75, 3.05) is 20.7 Å². The van der Waals surface area contributed by atoms with Crippen molar-refractivity contribution < 1.29 is 14.7 Å². The number of rotatable bonds is 2. The first-order valence-electron chi connectivity index (χ1n) is 5.89. The highest BCUT2D eigenvalue weighted by molar-refractivity contribution is 5.47. The van der Waals surface area contributed by atoms with Crippen LogP contribution in [-0.2, 0) is 6.42 Å². The van der Waals surface area contributed by atoms with Crippen molar-refractivity contribution in [1.29, 1.82) is 0 Å². The second-order valence-electron chi connectivity index (χ2n) is 4.53. The van der Waals surface area contributed by atoms with E-state index in [-0.39, 0.29) is 5.75 Å². The minimum absolute atomic E-state index is 0.259. The number of likely N-dealkylation sites (N-methyl/N-ethyl adjacent to an activating group) is 1. The maximum absolute atomic E-state index is 9.83. The molecule has 1 heterocycles. The number of aromatic hydroxyl groups is 1. The molecule has 88 valence electrons. The van der Waals surface area contributed by atoms with Crippen molar-refractivity contribution in [2.24, 2.45) is 0 Å². The largest absolute Gasteiger partial charge is 0.504 e. The molecule has 0 bridgehead atoms. The molecule has 1 aliphatic heterocycles. The van der Waals surface area contributed by atoms with E-state index in [9.17, 15) is 5.11 Å². The third-order valence-electron chi connectivity index (χ3n) is 3.61. The van der Waals surface area contributed by atoms with Crippen molar-refractivity contribution in [3.63, 3.8) is 0 Å². The fraction of sp³-hybridized carbons (Fsp3) is 0.538. The Kier molecular flexibility index (Phi) is 3.06. The van der Waals surface area contributed by atoms with Crippen LogP contribution >= 0.6 is 0 Å². The lowest BCUT2D eigenvalue weighted by Crippen LogP contribution is -3.10. The molecule has 1 aromatic carbocycles. The molecule has 3 heteroatoms. The standard InChI is InChI=1S/C13H19NO2/c1-4-11-10-8-12(15)13(16-3)7-9(10)5-6-14(11)2/h7-8,11,15H,4-6H2,1-3H3/p+1/t11-/m0/s1. The number of nitrogens with one attached hydrogen (secondary N) is 1. The van der Waals surface area contributed by atoms with Crippen LogP contribution in [0.2, 0.25) is 0 Å². The van der Waals surface area contributed by atoms with Gasteiger partial charge in [0.05, 0.1) is 20.7 Å². The Hall–Kier alpha value is -1.22. The Bertz CT molecular complexity index is 390. The second-order valence-corrected chi connectivity index (χ2v) is 4.53. The van der Waals surface area contributed by atoms with Crippen molar-refractivity contribution in [3.8, 4) is 11.5 Å². The van der Waals surface area contributed by atoms with Gasteiger partial charge in [0.25, 0.3) is 0 Å². The molecule has 1 aromatic rings. The van der Waals surface area contributed by atoms with Crippen LogP contribution in [0.3, 0.4) is 0 Å². The molecular weight excluding hydrogens is 202 g/mol. The summed E-state index contributed by atoms with van der Waals surface area (Å²) in [6.07, 6.45) is 2.17. The molecule has 0 saturated heterocycles.